The molecule has 8 aromatic rings. The molecule has 0 saturated heterocycles. The fraction of sp³-hybridized carbons (Fsp3) is 0.259. The number of para-hydroxylation sites is 1. The molecule has 2 aromatic heterocycles. The van der Waals surface area contributed by atoms with Gasteiger partial charge in [-0.1, -0.05) is 154 Å². The third kappa shape index (κ3) is 8.02. The molecule has 0 radical (unpaired) electrons. The molecule has 0 N–H and O–H groups in total. The van der Waals surface area contributed by atoms with Gasteiger partial charge < -0.3 is 14.5 Å². The summed E-state index contributed by atoms with van der Waals surface area (Å²) in [6.45, 7) is 23.5. The molecule has 63 heavy (non-hydrogen) atoms. The molecule has 318 valence electrons. The van der Waals surface area contributed by atoms with E-state index in [1.54, 1.807) is 0 Å². The minimum Gasteiger partial charge on any atom is -0.457 e. The number of hydrogen-bond acceptors (Lipinski definition) is 4. The first-order chi connectivity index (χ1) is 30.1. The lowest BCUT2D eigenvalue weighted by Crippen LogP contribution is -2.30. The van der Waals surface area contributed by atoms with Crippen LogP contribution in [0.5, 0.6) is 11.5 Å². The van der Waals surface area contributed by atoms with Crippen LogP contribution < -0.4 is 14.5 Å². The summed E-state index contributed by atoms with van der Waals surface area (Å²) in [5, 5.41) is 2.35. The average molecular weight is 829 g/mol. The number of aromatic nitrogens is 2. The highest BCUT2D eigenvalue weighted by atomic mass is 16.5. The van der Waals surface area contributed by atoms with Crippen molar-refractivity contribution in [2.45, 2.75) is 86.0 Å². The number of ether oxygens (including phenoxy) is 1. The zero-order chi connectivity index (χ0) is 44.3. The summed E-state index contributed by atoms with van der Waals surface area (Å²) in [6.07, 6.45) is 4.27. The first-order valence-electron chi connectivity index (χ1n) is 22.4. The molecule has 0 unspecified atom stereocenters. The first-order valence-corrected chi connectivity index (χ1v) is 22.4. The van der Waals surface area contributed by atoms with Gasteiger partial charge in [-0.05, 0) is 99.3 Å². The second-order valence-corrected chi connectivity index (χ2v) is 20.1. The minimum absolute atomic E-state index is 0.0127. The smallest absolute Gasteiger partial charge is 0.137 e. The fourth-order valence-electron chi connectivity index (χ4n) is 9.17. The van der Waals surface area contributed by atoms with Gasteiger partial charge in [-0.3, -0.25) is 4.57 Å². The standard InChI is InChI=1S/C58H60N4O/c1-39(2)48-20-14-15-21-49(48)40-32-45(60-37-54(57(6,7)8)61(38-60)44-26-24-42(25-27-44)58(9,10)41-18-12-11-13-19-41)35-47(33-40)63-46-28-29-51-50-22-16-17-23-52(50)62(53(51)36-46)55-34-43(30-31-59-55)56(3,4)5/h11-37,39H,38H2,1-10H3. The molecule has 0 fully saturated rings. The Balaban J connectivity index is 1.12. The largest absolute Gasteiger partial charge is 0.457 e. The monoisotopic (exact) mass is 828 g/mol. The van der Waals surface area contributed by atoms with E-state index in [9.17, 15) is 0 Å². The van der Waals surface area contributed by atoms with Crippen molar-refractivity contribution in [2.24, 2.45) is 5.41 Å². The van der Waals surface area contributed by atoms with E-state index >= 15 is 0 Å². The van der Waals surface area contributed by atoms with Crippen LogP contribution in [-0.4, -0.2) is 16.2 Å². The molecule has 5 nitrogen and oxygen atoms in total. The molecule has 5 heteroatoms. The summed E-state index contributed by atoms with van der Waals surface area (Å²) in [7, 11) is 0. The lowest BCUT2D eigenvalue weighted by molar-refractivity contribution is 0.483. The highest BCUT2D eigenvalue weighted by Gasteiger charge is 2.32. The van der Waals surface area contributed by atoms with E-state index in [0.717, 1.165) is 45.0 Å². The van der Waals surface area contributed by atoms with Crippen molar-refractivity contribution in [3.63, 3.8) is 0 Å². The molecule has 0 spiro atoms. The molecular formula is C58H60N4O. The molecule has 0 saturated carbocycles. The van der Waals surface area contributed by atoms with Crippen molar-refractivity contribution in [1.82, 2.24) is 9.55 Å². The van der Waals surface area contributed by atoms with Gasteiger partial charge in [-0.25, -0.2) is 4.98 Å². The van der Waals surface area contributed by atoms with Gasteiger partial charge in [-0.2, -0.15) is 0 Å². The maximum atomic E-state index is 7.01. The lowest BCUT2D eigenvalue weighted by Gasteiger charge is -2.32. The van der Waals surface area contributed by atoms with E-state index in [1.807, 2.05) is 6.20 Å². The van der Waals surface area contributed by atoms with E-state index < -0.39 is 0 Å². The van der Waals surface area contributed by atoms with Crippen molar-refractivity contribution in [1.29, 1.82) is 0 Å². The van der Waals surface area contributed by atoms with Crippen LogP contribution in [0.3, 0.4) is 0 Å². The van der Waals surface area contributed by atoms with Crippen molar-refractivity contribution in [3.05, 3.63) is 192 Å². The Labute approximate surface area is 374 Å². The molecule has 1 aliphatic rings. The summed E-state index contributed by atoms with van der Waals surface area (Å²) >= 11 is 0. The van der Waals surface area contributed by atoms with Crippen LogP contribution in [0.15, 0.2) is 170 Å². The summed E-state index contributed by atoms with van der Waals surface area (Å²) in [4.78, 5) is 9.76. The maximum absolute atomic E-state index is 7.01. The van der Waals surface area contributed by atoms with Crippen LogP contribution in [0.2, 0.25) is 0 Å². The predicted octanol–water partition coefficient (Wildman–Crippen LogP) is 15.6. The first kappa shape index (κ1) is 41.7. The average Bonchev–Trinajstić information content (AvgIpc) is 3.87. The zero-order valence-corrected chi connectivity index (χ0v) is 38.6. The topological polar surface area (TPSA) is 33.5 Å². The van der Waals surface area contributed by atoms with E-state index in [-0.39, 0.29) is 16.2 Å². The molecule has 0 amide bonds. The fourth-order valence-corrected chi connectivity index (χ4v) is 9.17. The predicted molar refractivity (Wildman–Crippen MR) is 266 cm³/mol. The van der Waals surface area contributed by atoms with Crippen molar-refractivity contribution in [2.75, 3.05) is 16.5 Å². The van der Waals surface area contributed by atoms with Crippen molar-refractivity contribution in [3.8, 4) is 28.4 Å². The third-order valence-electron chi connectivity index (χ3n) is 12.9. The van der Waals surface area contributed by atoms with E-state index in [1.165, 1.54) is 44.6 Å². The van der Waals surface area contributed by atoms with Crippen molar-refractivity contribution < 1.29 is 4.74 Å². The number of hydrogen-bond donors (Lipinski definition) is 0. The van der Waals surface area contributed by atoms with Gasteiger partial charge in [-0.15, -0.1) is 0 Å². The number of fused-ring (bicyclic) bond motifs is 3. The second-order valence-electron chi connectivity index (χ2n) is 20.1. The normalized spacial score (nSPS) is 13.7. The Bertz CT molecular complexity index is 2980. The molecule has 9 rings (SSSR count). The molecular weight excluding hydrogens is 769 g/mol. The number of anilines is 2. The number of benzene rings is 6. The van der Waals surface area contributed by atoms with Crippen LogP contribution in [-0.2, 0) is 10.8 Å². The molecule has 3 heterocycles. The lowest BCUT2D eigenvalue weighted by atomic mass is 9.78. The summed E-state index contributed by atoms with van der Waals surface area (Å²) in [5.41, 5.74) is 12.9. The summed E-state index contributed by atoms with van der Waals surface area (Å²) < 4.78 is 9.28. The molecule has 6 aromatic carbocycles. The second kappa shape index (κ2) is 16.0. The molecule has 0 bridgehead atoms. The number of pyridine rings is 1. The zero-order valence-electron chi connectivity index (χ0n) is 38.6. The van der Waals surface area contributed by atoms with Crippen LogP contribution in [0.25, 0.3) is 38.8 Å². The van der Waals surface area contributed by atoms with Gasteiger partial charge in [0.1, 0.15) is 17.3 Å². The molecule has 0 aliphatic carbocycles. The van der Waals surface area contributed by atoms with E-state index in [2.05, 4.69) is 241 Å². The SMILES string of the molecule is CC(C)c1ccccc1-c1cc(Oc2ccc3c4ccccc4n(-c4cc(C(C)(C)C)ccn4)c3c2)cc(N2C=C(C(C)(C)C)N(c3ccc(C(C)(C)c4ccccc4)cc3)C2)c1. The van der Waals surface area contributed by atoms with Gasteiger partial charge in [0.15, 0.2) is 0 Å². The molecule has 0 atom stereocenters. The van der Waals surface area contributed by atoms with Gasteiger partial charge in [0.05, 0.1) is 17.7 Å². The Kier molecular flexibility index (Phi) is 10.6. The van der Waals surface area contributed by atoms with Gasteiger partial charge >= 0.3 is 0 Å². The Hall–Kier alpha value is -6.59. The quantitative estimate of drug-likeness (QED) is 0.145. The Morgan fingerprint density at radius 2 is 1.24 bits per heavy atom. The van der Waals surface area contributed by atoms with E-state index in [4.69, 9.17) is 9.72 Å². The summed E-state index contributed by atoms with van der Waals surface area (Å²) in [6, 6.07) is 54.9. The number of nitrogens with zero attached hydrogens (tertiary/aromatic N) is 4. The Morgan fingerprint density at radius 3 is 1.97 bits per heavy atom. The minimum atomic E-state index is -0.113. The Morgan fingerprint density at radius 1 is 0.556 bits per heavy atom. The number of allylic oxidation sites excluding steroid dienone is 1. The number of rotatable bonds is 9. The molecule has 1 aliphatic heterocycles. The highest BCUT2D eigenvalue weighted by molar-refractivity contribution is 6.09. The van der Waals surface area contributed by atoms with Crippen molar-refractivity contribution >= 4 is 33.2 Å². The van der Waals surface area contributed by atoms with E-state index in [0.29, 0.717) is 12.6 Å². The summed E-state index contributed by atoms with van der Waals surface area (Å²) in [5.74, 6) is 2.81. The maximum Gasteiger partial charge on any atom is 0.137 e. The van der Waals surface area contributed by atoms with Crippen LogP contribution in [0, 0.1) is 5.41 Å². The van der Waals surface area contributed by atoms with Gasteiger partial charge in [0, 0.05) is 63.2 Å². The van der Waals surface area contributed by atoms with Gasteiger partial charge in [0.2, 0.25) is 0 Å². The van der Waals surface area contributed by atoms with Crippen LogP contribution in [0.4, 0.5) is 11.4 Å². The van der Waals surface area contributed by atoms with Gasteiger partial charge in [0.25, 0.3) is 0 Å². The van der Waals surface area contributed by atoms with Crippen LogP contribution in [0.1, 0.15) is 97.4 Å². The highest BCUT2D eigenvalue weighted by Crippen LogP contribution is 2.43. The third-order valence-corrected chi connectivity index (χ3v) is 12.9. The van der Waals surface area contributed by atoms with Crippen LogP contribution >= 0.6 is 0 Å².